The van der Waals surface area contributed by atoms with Gasteiger partial charge in [-0.05, 0) is 43.9 Å². The summed E-state index contributed by atoms with van der Waals surface area (Å²) in [5.41, 5.74) is 6.78. The molecule has 33 heavy (non-hydrogen) atoms. The van der Waals surface area contributed by atoms with Crippen molar-refractivity contribution in [1.29, 1.82) is 0 Å². The number of primary amides is 1. The lowest BCUT2D eigenvalue weighted by molar-refractivity contribution is -0.119. The summed E-state index contributed by atoms with van der Waals surface area (Å²) in [5.74, 6) is 0.120. The zero-order chi connectivity index (χ0) is 23.5. The highest BCUT2D eigenvalue weighted by Gasteiger charge is 2.22. The second-order valence-corrected chi connectivity index (χ2v) is 8.27. The summed E-state index contributed by atoms with van der Waals surface area (Å²) in [5, 5.41) is 4.18. The first kappa shape index (κ1) is 22.3. The average Bonchev–Trinajstić information content (AvgIpc) is 3.18. The molecule has 172 valence electrons. The minimum atomic E-state index is -0.628. The van der Waals surface area contributed by atoms with E-state index in [9.17, 15) is 14.4 Å². The second-order valence-electron chi connectivity index (χ2n) is 8.27. The molecule has 1 aliphatic heterocycles. The summed E-state index contributed by atoms with van der Waals surface area (Å²) < 4.78 is 11.8. The van der Waals surface area contributed by atoms with Gasteiger partial charge in [-0.25, -0.2) is 4.98 Å². The number of aromatic nitrogens is 2. The van der Waals surface area contributed by atoms with Crippen molar-refractivity contribution in [3.05, 3.63) is 52.4 Å². The fourth-order valence-electron chi connectivity index (χ4n) is 3.91. The van der Waals surface area contributed by atoms with Crippen LogP contribution in [0.5, 0.6) is 11.6 Å². The standard InChI is InChI=1S/C24H26N4O5/c1-13(2)33-20-11-16-15(10-17(20)23(25)31)18(19-4-3-5-21(29)28-19)12-26-24(16)32-9-8-14-6-7-22(30)27-14/h3-5,10-14H,6-9H2,1-2H3,(H2,25,31)(H,27,30)(H,28,29)/t14-/m0/s1. The van der Waals surface area contributed by atoms with Crippen molar-refractivity contribution in [3.63, 3.8) is 0 Å². The predicted octanol–water partition coefficient (Wildman–Crippen LogP) is 2.52. The Balaban J connectivity index is 1.78. The lowest BCUT2D eigenvalue weighted by atomic mass is 10.0. The predicted molar refractivity (Wildman–Crippen MR) is 123 cm³/mol. The van der Waals surface area contributed by atoms with Crippen LogP contribution in [0.2, 0.25) is 0 Å². The fraction of sp³-hybridized carbons (Fsp3) is 0.333. The van der Waals surface area contributed by atoms with Crippen molar-refractivity contribution in [2.45, 2.75) is 45.3 Å². The second kappa shape index (κ2) is 9.32. The maximum atomic E-state index is 12.2. The van der Waals surface area contributed by atoms with Gasteiger partial charge in [0.2, 0.25) is 17.3 Å². The lowest BCUT2D eigenvalue weighted by Gasteiger charge is -2.17. The summed E-state index contributed by atoms with van der Waals surface area (Å²) in [7, 11) is 0. The third-order valence-corrected chi connectivity index (χ3v) is 5.43. The molecule has 0 spiro atoms. The van der Waals surface area contributed by atoms with Crippen molar-refractivity contribution in [2.75, 3.05) is 6.61 Å². The summed E-state index contributed by atoms with van der Waals surface area (Å²) in [4.78, 5) is 42.8. The summed E-state index contributed by atoms with van der Waals surface area (Å²) in [6.07, 6.45) is 3.37. The summed E-state index contributed by atoms with van der Waals surface area (Å²) in [6, 6.07) is 8.23. The topological polar surface area (TPSA) is 136 Å². The van der Waals surface area contributed by atoms with Crippen LogP contribution in [0.1, 0.15) is 43.5 Å². The molecule has 0 bridgehead atoms. The van der Waals surface area contributed by atoms with E-state index in [0.29, 0.717) is 53.1 Å². The number of pyridine rings is 2. The molecule has 1 atom stereocenters. The molecule has 1 fully saturated rings. The van der Waals surface area contributed by atoms with Gasteiger partial charge in [0, 0.05) is 42.1 Å². The Morgan fingerprint density at radius 1 is 1.24 bits per heavy atom. The number of benzene rings is 1. The van der Waals surface area contributed by atoms with Gasteiger partial charge in [-0.3, -0.25) is 14.4 Å². The first-order chi connectivity index (χ1) is 15.8. The molecule has 0 aliphatic carbocycles. The van der Waals surface area contributed by atoms with Gasteiger partial charge < -0.3 is 25.5 Å². The van der Waals surface area contributed by atoms with Crippen LogP contribution in [0.15, 0.2) is 41.3 Å². The van der Waals surface area contributed by atoms with Crippen LogP contribution >= 0.6 is 0 Å². The van der Waals surface area contributed by atoms with Gasteiger partial charge in [-0.1, -0.05) is 6.07 Å². The molecule has 0 radical (unpaired) electrons. The zero-order valence-electron chi connectivity index (χ0n) is 18.5. The number of hydrogen-bond donors (Lipinski definition) is 3. The number of rotatable bonds is 8. The molecule has 0 saturated carbocycles. The quantitative estimate of drug-likeness (QED) is 0.482. The van der Waals surface area contributed by atoms with Crippen LogP contribution in [-0.4, -0.2) is 40.5 Å². The van der Waals surface area contributed by atoms with Crippen molar-refractivity contribution in [2.24, 2.45) is 5.73 Å². The number of nitrogens with one attached hydrogen (secondary N) is 2. The number of ether oxygens (including phenoxy) is 2. The number of amides is 2. The first-order valence-electron chi connectivity index (χ1n) is 10.9. The van der Waals surface area contributed by atoms with Gasteiger partial charge in [0.1, 0.15) is 5.75 Å². The molecule has 1 aliphatic rings. The molecule has 9 heteroatoms. The van der Waals surface area contributed by atoms with E-state index in [4.69, 9.17) is 15.2 Å². The molecule has 9 nitrogen and oxygen atoms in total. The molecule has 1 saturated heterocycles. The zero-order valence-corrected chi connectivity index (χ0v) is 18.5. The molecule has 3 heterocycles. The highest BCUT2D eigenvalue weighted by molar-refractivity contribution is 6.06. The first-order valence-corrected chi connectivity index (χ1v) is 10.9. The van der Waals surface area contributed by atoms with Crippen LogP contribution in [0.3, 0.4) is 0 Å². The Morgan fingerprint density at radius 3 is 2.73 bits per heavy atom. The number of aromatic amines is 1. The van der Waals surface area contributed by atoms with Crippen molar-refractivity contribution >= 4 is 22.6 Å². The summed E-state index contributed by atoms with van der Waals surface area (Å²) in [6.45, 7) is 4.06. The smallest absolute Gasteiger partial charge is 0.252 e. The van der Waals surface area contributed by atoms with Crippen molar-refractivity contribution < 1.29 is 19.1 Å². The van der Waals surface area contributed by atoms with E-state index in [2.05, 4.69) is 15.3 Å². The van der Waals surface area contributed by atoms with E-state index in [0.717, 1.165) is 6.42 Å². The van der Waals surface area contributed by atoms with Crippen LogP contribution in [0.4, 0.5) is 0 Å². The Bertz CT molecular complexity index is 1270. The number of hydrogen-bond acceptors (Lipinski definition) is 6. The number of nitrogens with zero attached hydrogens (tertiary/aromatic N) is 1. The SMILES string of the molecule is CC(C)Oc1cc2c(OCC[C@@H]3CCC(=O)N3)ncc(-c3cccc(=O)[nH]3)c2cc1C(N)=O. The van der Waals surface area contributed by atoms with Crippen LogP contribution in [0, 0.1) is 0 Å². The molecule has 2 aromatic heterocycles. The molecular formula is C24H26N4O5. The lowest BCUT2D eigenvalue weighted by Crippen LogP contribution is -2.26. The Hall–Kier alpha value is -3.88. The van der Waals surface area contributed by atoms with E-state index in [-0.39, 0.29) is 29.2 Å². The Labute approximate surface area is 190 Å². The Morgan fingerprint density at radius 2 is 2.06 bits per heavy atom. The molecule has 4 N–H and O–H groups in total. The van der Waals surface area contributed by atoms with E-state index in [1.807, 2.05) is 13.8 Å². The number of carbonyl (C=O) groups is 2. The van der Waals surface area contributed by atoms with E-state index in [1.165, 1.54) is 6.07 Å². The van der Waals surface area contributed by atoms with Gasteiger partial charge in [0.15, 0.2) is 0 Å². The minimum Gasteiger partial charge on any atom is -0.490 e. The van der Waals surface area contributed by atoms with Crippen molar-refractivity contribution in [1.82, 2.24) is 15.3 Å². The molecule has 3 aromatic rings. The van der Waals surface area contributed by atoms with Gasteiger partial charge in [0.25, 0.3) is 5.91 Å². The highest BCUT2D eigenvalue weighted by atomic mass is 16.5. The third-order valence-electron chi connectivity index (χ3n) is 5.43. The minimum absolute atomic E-state index is 0.0549. The maximum Gasteiger partial charge on any atom is 0.252 e. The largest absolute Gasteiger partial charge is 0.490 e. The van der Waals surface area contributed by atoms with Crippen LogP contribution in [-0.2, 0) is 4.79 Å². The third kappa shape index (κ3) is 4.97. The van der Waals surface area contributed by atoms with Gasteiger partial charge in [-0.2, -0.15) is 0 Å². The van der Waals surface area contributed by atoms with Gasteiger partial charge in [-0.15, -0.1) is 0 Å². The van der Waals surface area contributed by atoms with E-state index < -0.39 is 5.91 Å². The van der Waals surface area contributed by atoms with Gasteiger partial charge in [0.05, 0.1) is 24.0 Å². The number of carbonyl (C=O) groups excluding carboxylic acids is 2. The van der Waals surface area contributed by atoms with Crippen molar-refractivity contribution in [3.8, 4) is 22.9 Å². The number of fused-ring (bicyclic) bond motifs is 1. The summed E-state index contributed by atoms with van der Waals surface area (Å²) >= 11 is 0. The monoisotopic (exact) mass is 450 g/mol. The fourth-order valence-corrected chi connectivity index (χ4v) is 3.91. The van der Waals surface area contributed by atoms with Crippen LogP contribution in [0.25, 0.3) is 22.0 Å². The molecule has 2 amide bonds. The van der Waals surface area contributed by atoms with Gasteiger partial charge >= 0.3 is 0 Å². The molecule has 1 aromatic carbocycles. The average molecular weight is 450 g/mol. The number of H-pyrrole nitrogens is 1. The molecular weight excluding hydrogens is 424 g/mol. The molecule has 4 rings (SSSR count). The Kier molecular flexibility index (Phi) is 6.30. The van der Waals surface area contributed by atoms with E-state index in [1.54, 1.807) is 30.5 Å². The molecule has 0 unspecified atom stereocenters. The van der Waals surface area contributed by atoms with E-state index >= 15 is 0 Å². The maximum absolute atomic E-state index is 12.2. The van der Waals surface area contributed by atoms with Crippen LogP contribution < -0.4 is 26.1 Å². The highest BCUT2D eigenvalue weighted by Crippen LogP contribution is 2.36. The number of nitrogens with two attached hydrogens (primary N) is 1. The normalized spacial score (nSPS) is 15.6.